The summed E-state index contributed by atoms with van der Waals surface area (Å²) in [5.41, 5.74) is 7.34. The Balaban J connectivity index is 1.77. The van der Waals surface area contributed by atoms with Crippen LogP contribution >= 0.6 is 0 Å². The van der Waals surface area contributed by atoms with Crippen molar-refractivity contribution >= 4 is 23.1 Å². The number of carbonyl (C=O) groups excluding carboxylic acids is 1. The quantitative estimate of drug-likeness (QED) is 0.556. The first-order valence-corrected chi connectivity index (χ1v) is 8.17. The monoisotopic (exact) mass is 379 g/mol. The van der Waals surface area contributed by atoms with Crippen molar-refractivity contribution < 1.29 is 9.18 Å². The van der Waals surface area contributed by atoms with Crippen LogP contribution in [-0.4, -0.2) is 30.1 Å². The molecule has 0 aliphatic carbocycles. The summed E-state index contributed by atoms with van der Waals surface area (Å²) in [7, 11) is 1.63. The molecule has 0 bridgehead atoms. The predicted octanol–water partition coefficient (Wildman–Crippen LogP) is 1.46. The van der Waals surface area contributed by atoms with Crippen LogP contribution in [-0.2, 0) is 7.05 Å². The van der Waals surface area contributed by atoms with Gasteiger partial charge in [-0.3, -0.25) is 14.6 Å². The van der Waals surface area contributed by atoms with Gasteiger partial charge in [-0.05, 0) is 12.1 Å². The summed E-state index contributed by atoms with van der Waals surface area (Å²) >= 11 is 0. The van der Waals surface area contributed by atoms with Crippen LogP contribution in [0.1, 0.15) is 10.4 Å². The topological polar surface area (TPSA) is 120 Å². The van der Waals surface area contributed by atoms with E-state index in [-0.39, 0.29) is 22.6 Å². The molecule has 1 amide bonds. The van der Waals surface area contributed by atoms with E-state index in [2.05, 4.69) is 20.4 Å². The van der Waals surface area contributed by atoms with E-state index in [0.29, 0.717) is 16.9 Å². The molecular weight excluding hydrogens is 365 g/mol. The summed E-state index contributed by atoms with van der Waals surface area (Å²) in [5.74, 6) is -1.28. The van der Waals surface area contributed by atoms with E-state index in [9.17, 15) is 14.0 Å². The molecule has 0 radical (unpaired) electrons. The maximum Gasteiger partial charge on any atom is 0.263 e. The Labute approximate surface area is 157 Å². The smallest absolute Gasteiger partial charge is 0.263 e. The average molecular weight is 379 g/mol. The highest BCUT2D eigenvalue weighted by Gasteiger charge is 2.21. The lowest BCUT2D eigenvalue weighted by molar-refractivity contribution is 0.102. The third-order valence-electron chi connectivity index (χ3n) is 4.23. The molecule has 10 heteroatoms. The SMILES string of the molecule is Cn1c(-c2ccncc2NC(=O)c2c(N)nn3cc(F)cnc23)cccc1=O. The minimum Gasteiger partial charge on any atom is -0.381 e. The zero-order valence-electron chi connectivity index (χ0n) is 14.6. The van der Waals surface area contributed by atoms with E-state index in [1.807, 2.05) is 0 Å². The van der Waals surface area contributed by atoms with Gasteiger partial charge in [0.15, 0.2) is 17.3 Å². The van der Waals surface area contributed by atoms with Gasteiger partial charge in [0.2, 0.25) is 0 Å². The van der Waals surface area contributed by atoms with Gasteiger partial charge < -0.3 is 15.6 Å². The fourth-order valence-electron chi connectivity index (χ4n) is 2.88. The van der Waals surface area contributed by atoms with Crippen LogP contribution in [0.15, 0.2) is 53.8 Å². The molecule has 0 saturated carbocycles. The molecular formula is C18H14FN7O2. The normalized spacial score (nSPS) is 10.9. The van der Waals surface area contributed by atoms with Gasteiger partial charge in [0, 0.05) is 24.9 Å². The number of fused-ring (bicyclic) bond motifs is 1. The van der Waals surface area contributed by atoms with E-state index in [1.165, 1.54) is 16.8 Å². The lowest BCUT2D eigenvalue weighted by Gasteiger charge is -2.13. The maximum atomic E-state index is 13.3. The number of hydrogen-bond acceptors (Lipinski definition) is 6. The summed E-state index contributed by atoms with van der Waals surface area (Å²) in [6, 6.07) is 6.50. The number of hydrogen-bond donors (Lipinski definition) is 2. The predicted molar refractivity (Wildman–Crippen MR) is 100 cm³/mol. The lowest BCUT2D eigenvalue weighted by Crippen LogP contribution is -2.18. The fourth-order valence-corrected chi connectivity index (χ4v) is 2.88. The van der Waals surface area contributed by atoms with Crippen LogP contribution in [0.4, 0.5) is 15.9 Å². The Kier molecular flexibility index (Phi) is 4.07. The summed E-state index contributed by atoms with van der Waals surface area (Å²) < 4.78 is 15.9. The highest BCUT2D eigenvalue weighted by Crippen LogP contribution is 2.27. The number of carbonyl (C=O) groups is 1. The Morgan fingerprint density at radius 3 is 2.89 bits per heavy atom. The van der Waals surface area contributed by atoms with Crippen LogP contribution in [0.3, 0.4) is 0 Å². The molecule has 0 aromatic carbocycles. The van der Waals surface area contributed by atoms with Gasteiger partial charge >= 0.3 is 0 Å². The third kappa shape index (κ3) is 2.86. The number of nitrogens with zero attached hydrogens (tertiary/aromatic N) is 5. The second-order valence-corrected chi connectivity index (χ2v) is 5.98. The van der Waals surface area contributed by atoms with E-state index in [0.717, 1.165) is 16.9 Å². The molecule has 0 fully saturated rings. The van der Waals surface area contributed by atoms with Crippen molar-refractivity contribution in [3.05, 3.63) is 70.8 Å². The van der Waals surface area contributed by atoms with Crippen LogP contribution in [0.2, 0.25) is 0 Å². The van der Waals surface area contributed by atoms with E-state index in [1.54, 1.807) is 31.4 Å². The molecule has 0 saturated heterocycles. The largest absolute Gasteiger partial charge is 0.381 e. The maximum absolute atomic E-state index is 13.3. The highest BCUT2D eigenvalue weighted by molar-refractivity contribution is 6.12. The summed E-state index contributed by atoms with van der Waals surface area (Å²) in [5, 5.41) is 6.63. The first kappa shape index (κ1) is 17.3. The Bertz CT molecular complexity index is 1280. The Morgan fingerprint density at radius 2 is 2.07 bits per heavy atom. The Morgan fingerprint density at radius 1 is 1.25 bits per heavy atom. The molecule has 4 aromatic rings. The number of amides is 1. The van der Waals surface area contributed by atoms with Gasteiger partial charge in [-0.25, -0.2) is 13.9 Å². The van der Waals surface area contributed by atoms with Crippen molar-refractivity contribution in [1.29, 1.82) is 0 Å². The van der Waals surface area contributed by atoms with Crippen LogP contribution in [0, 0.1) is 5.82 Å². The van der Waals surface area contributed by atoms with Crippen LogP contribution in [0.5, 0.6) is 0 Å². The van der Waals surface area contributed by atoms with E-state index >= 15 is 0 Å². The number of pyridine rings is 2. The molecule has 0 atom stereocenters. The second kappa shape index (κ2) is 6.58. The lowest BCUT2D eigenvalue weighted by atomic mass is 10.1. The minimum absolute atomic E-state index is 0.0109. The molecule has 3 N–H and O–H groups in total. The number of nitrogens with two attached hydrogens (primary N) is 1. The zero-order chi connectivity index (χ0) is 19.8. The van der Waals surface area contributed by atoms with Gasteiger partial charge in [-0.2, -0.15) is 0 Å². The molecule has 4 aromatic heterocycles. The summed E-state index contributed by atoms with van der Waals surface area (Å²) in [4.78, 5) is 32.7. The van der Waals surface area contributed by atoms with Crippen molar-refractivity contribution in [2.24, 2.45) is 7.05 Å². The van der Waals surface area contributed by atoms with Crippen molar-refractivity contribution in [3.63, 3.8) is 0 Å². The summed E-state index contributed by atoms with van der Waals surface area (Å²) in [6.45, 7) is 0. The van der Waals surface area contributed by atoms with Crippen molar-refractivity contribution in [2.45, 2.75) is 0 Å². The van der Waals surface area contributed by atoms with Crippen molar-refractivity contribution in [1.82, 2.24) is 24.1 Å². The molecule has 28 heavy (non-hydrogen) atoms. The highest BCUT2D eigenvalue weighted by atomic mass is 19.1. The Hall–Kier alpha value is -4.08. The molecule has 0 unspecified atom stereocenters. The molecule has 4 heterocycles. The molecule has 0 aliphatic heterocycles. The number of anilines is 2. The van der Waals surface area contributed by atoms with Crippen LogP contribution in [0.25, 0.3) is 16.9 Å². The molecule has 4 rings (SSSR count). The van der Waals surface area contributed by atoms with E-state index < -0.39 is 11.7 Å². The number of aromatic nitrogens is 5. The number of halogens is 1. The standard InChI is InChI=1S/C18H14FN7O2/c1-25-13(3-2-4-14(25)27)11-5-6-21-8-12(11)23-18(28)15-16(20)24-26-9-10(19)7-22-17(15)26/h2-9H,1H3,(H2,20,24)(H,23,28). The molecule has 0 spiro atoms. The number of rotatable bonds is 3. The average Bonchev–Trinajstić information content (AvgIpc) is 2.99. The summed E-state index contributed by atoms with van der Waals surface area (Å²) in [6.07, 6.45) is 5.06. The van der Waals surface area contributed by atoms with Gasteiger partial charge in [0.05, 0.1) is 30.0 Å². The van der Waals surface area contributed by atoms with Crippen molar-refractivity contribution in [2.75, 3.05) is 11.1 Å². The van der Waals surface area contributed by atoms with Gasteiger partial charge in [-0.1, -0.05) is 6.07 Å². The molecule has 0 aliphatic rings. The first-order chi connectivity index (χ1) is 13.5. The molecule has 140 valence electrons. The number of nitrogen functional groups attached to an aromatic ring is 1. The van der Waals surface area contributed by atoms with Gasteiger partial charge in [0.1, 0.15) is 5.56 Å². The fraction of sp³-hybridized carbons (Fsp3) is 0.0556. The number of nitrogens with one attached hydrogen (secondary N) is 1. The van der Waals surface area contributed by atoms with Gasteiger partial charge in [-0.15, -0.1) is 5.10 Å². The second-order valence-electron chi connectivity index (χ2n) is 5.98. The molecule has 9 nitrogen and oxygen atoms in total. The van der Waals surface area contributed by atoms with E-state index in [4.69, 9.17) is 5.73 Å². The van der Waals surface area contributed by atoms with Crippen LogP contribution < -0.4 is 16.6 Å². The first-order valence-electron chi connectivity index (χ1n) is 8.17. The minimum atomic E-state index is -0.610. The van der Waals surface area contributed by atoms with Gasteiger partial charge in [0.25, 0.3) is 11.5 Å². The third-order valence-corrected chi connectivity index (χ3v) is 4.23. The zero-order valence-corrected chi connectivity index (χ0v) is 14.6. The van der Waals surface area contributed by atoms with Crippen molar-refractivity contribution in [3.8, 4) is 11.3 Å².